The lowest BCUT2D eigenvalue weighted by molar-refractivity contribution is -0.128. The molecule has 3 aromatic rings. The van der Waals surface area contributed by atoms with Gasteiger partial charge in [0.25, 0.3) is 15.9 Å². The van der Waals surface area contributed by atoms with Crippen LogP contribution in [0, 0.1) is 0 Å². The molecule has 9 nitrogen and oxygen atoms in total. The maximum atomic E-state index is 13.6. The van der Waals surface area contributed by atoms with Gasteiger partial charge in [-0.05, 0) is 54.6 Å². The summed E-state index contributed by atoms with van der Waals surface area (Å²) in [5.41, 5.74) is 0.253. The summed E-state index contributed by atoms with van der Waals surface area (Å²) < 4.78 is 50.8. The van der Waals surface area contributed by atoms with Gasteiger partial charge in [0, 0.05) is 5.02 Å². The van der Waals surface area contributed by atoms with E-state index in [2.05, 4.69) is 5.32 Å². The highest BCUT2D eigenvalue weighted by atomic mass is 35.5. The summed E-state index contributed by atoms with van der Waals surface area (Å²) in [6.45, 7) is 0.187. The highest BCUT2D eigenvalue weighted by Crippen LogP contribution is 2.39. The van der Waals surface area contributed by atoms with Crippen LogP contribution < -0.4 is 28.6 Å². The summed E-state index contributed by atoms with van der Waals surface area (Å²) in [7, 11) is -2.54. The molecular weight excluding hydrogens is 508 g/mol. The monoisotopic (exact) mass is 530 g/mol. The molecule has 36 heavy (non-hydrogen) atoms. The third kappa shape index (κ3) is 4.74. The average molecular weight is 531 g/mol. The number of ether oxygens (including phenoxy) is 4. The van der Waals surface area contributed by atoms with Crippen LogP contribution in [-0.2, 0) is 14.8 Å². The zero-order valence-electron chi connectivity index (χ0n) is 19.2. The Hall–Kier alpha value is -3.63. The number of hydrogen-bond acceptors (Lipinski definition) is 7. The van der Waals surface area contributed by atoms with Crippen molar-refractivity contribution in [2.75, 3.05) is 31.1 Å². The normalized spacial score (nSPS) is 18.6. The summed E-state index contributed by atoms with van der Waals surface area (Å²) >= 11 is 6.15. The quantitative estimate of drug-likeness (QED) is 0.521. The van der Waals surface area contributed by atoms with Crippen LogP contribution in [0.3, 0.4) is 0 Å². The molecule has 0 aliphatic carbocycles. The summed E-state index contributed by atoms with van der Waals surface area (Å²) in [6.07, 6.45) is -1.50. The number of nitrogens with one attached hydrogen (secondary N) is 1. The number of sulfonamides is 1. The Balaban J connectivity index is 1.34. The molecule has 2 aliphatic rings. The number of anilines is 1. The number of benzene rings is 3. The Labute approximate surface area is 213 Å². The van der Waals surface area contributed by atoms with Gasteiger partial charge < -0.3 is 24.3 Å². The Bertz CT molecular complexity index is 1380. The molecule has 0 unspecified atom stereocenters. The van der Waals surface area contributed by atoms with Crippen molar-refractivity contribution >= 4 is 33.2 Å². The second-order valence-electron chi connectivity index (χ2n) is 8.17. The molecule has 1 amide bonds. The first-order chi connectivity index (χ1) is 17.3. The lowest BCUT2D eigenvalue weighted by Crippen LogP contribution is -2.52. The molecule has 2 atom stereocenters. The van der Waals surface area contributed by atoms with Crippen LogP contribution >= 0.6 is 11.6 Å². The van der Waals surface area contributed by atoms with Crippen molar-refractivity contribution in [3.05, 3.63) is 71.8 Å². The molecule has 0 spiro atoms. The number of rotatable bonds is 6. The van der Waals surface area contributed by atoms with Crippen LogP contribution in [0.15, 0.2) is 71.6 Å². The molecule has 188 valence electrons. The zero-order chi connectivity index (χ0) is 25.3. The molecule has 0 bridgehead atoms. The van der Waals surface area contributed by atoms with E-state index in [9.17, 15) is 13.2 Å². The largest absolute Gasteiger partial charge is 0.497 e. The maximum Gasteiger partial charge on any atom is 0.264 e. The SMILES string of the molecule is COc1ccc(S(=O)(=O)N2C[C@@H](C(=O)NC[C@@H]3COc4ccccc4O3)Oc3ccc(Cl)cc32)cc1. The minimum Gasteiger partial charge on any atom is -0.497 e. The number of halogens is 1. The van der Waals surface area contributed by atoms with E-state index in [4.69, 9.17) is 30.5 Å². The average Bonchev–Trinajstić information content (AvgIpc) is 2.91. The third-order valence-corrected chi connectivity index (χ3v) is 7.83. The number of carbonyl (C=O) groups excluding carboxylic acids is 1. The Morgan fingerprint density at radius 1 is 1.06 bits per heavy atom. The van der Waals surface area contributed by atoms with Gasteiger partial charge in [-0.2, -0.15) is 0 Å². The van der Waals surface area contributed by atoms with E-state index in [0.717, 1.165) is 4.31 Å². The number of amides is 1. The summed E-state index contributed by atoms with van der Waals surface area (Å²) in [5.74, 6) is 1.51. The predicted molar refractivity (Wildman–Crippen MR) is 133 cm³/mol. The molecule has 0 fully saturated rings. The molecule has 0 saturated heterocycles. The second-order valence-corrected chi connectivity index (χ2v) is 10.5. The second kappa shape index (κ2) is 9.79. The van der Waals surface area contributed by atoms with Gasteiger partial charge in [0.05, 0.1) is 30.8 Å². The van der Waals surface area contributed by atoms with Crippen molar-refractivity contribution in [2.24, 2.45) is 0 Å². The number of fused-ring (bicyclic) bond motifs is 2. The van der Waals surface area contributed by atoms with E-state index in [0.29, 0.717) is 22.3 Å². The van der Waals surface area contributed by atoms with Gasteiger partial charge >= 0.3 is 0 Å². The molecule has 11 heteroatoms. The fourth-order valence-electron chi connectivity index (χ4n) is 3.96. The Morgan fingerprint density at radius 3 is 2.56 bits per heavy atom. The van der Waals surface area contributed by atoms with Crippen molar-refractivity contribution in [1.29, 1.82) is 0 Å². The lowest BCUT2D eigenvalue weighted by Gasteiger charge is -2.35. The van der Waals surface area contributed by atoms with Gasteiger partial charge in [-0.25, -0.2) is 8.42 Å². The van der Waals surface area contributed by atoms with Crippen molar-refractivity contribution in [1.82, 2.24) is 5.32 Å². The zero-order valence-corrected chi connectivity index (χ0v) is 20.8. The summed E-state index contributed by atoms with van der Waals surface area (Å²) in [5, 5.41) is 3.13. The van der Waals surface area contributed by atoms with Gasteiger partial charge in [0.1, 0.15) is 24.2 Å². The fourth-order valence-corrected chi connectivity index (χ4v) is 5.59. The van der Waals surface area contributed by atoms with Crippen LogP contribution in [0.1, 0.15) is 0 Å². The molecule has 0 radical (unpaired) electrons. The van der Waals surface area contributed by atoms with Gasteiger partial charge in [0.2, 0.25) is 0 Å². The number of nitrogens with zero attached hydrogens (tertiary/aromatic N) is 1. The minimum atomic E-state index is -4.04. The van der Waals surface area contributed by atoms with Crippen molar-refractivity contribution in [3.63, 3.8) is 0 Å². The van der Waals surface area contributed by atoms with Crippen molar-refractivity contribution in [2.45, 2.75) is 17.1 Å². The molecule has 0 saturated carbocycles. The first kappa shape index (κ1) is 24.1. The predicted octanol–water partition coefficient (Wildman–Crippen LogP) is 3.26. The van der Waals surface area contributed by atoms with Crippen molar-refractivity contribution < 1.29 is 32.2 Å². The van der Waals surface area contributed by atoms with Gasteiger partial charge in [-0.1, -0.05) is 23.7 Å². The van der Waals surface area contributed by atoms with Crippen molar-refractivity contribution in [3.8, 4) is 23.0 Å². The molecular formula is C25H23ClN2O7S. The van der Waals surface area contributed by atoms with E-state index in [1.165, 1.54) is 25.3 Å². The van der Waals surface area contributed by atoms with Gasteiger partial charge in [0.15, 0.2) is 17.6 Å². The van der Waals surface area contributed by atoms with E-state index < -0.39 is 28.1 Å². The molecule has 2 heterocycles. The highest BCUT2D eigenvalue weighted by Gasteiger charge is 2.38. The first-order valence-corrected chi connectivity index (χ1v) is 13.0. The highest BCUT2D eigenvalue weighted by molar-refractivity contribution is 7.92. The summed E-state index contributed by atoms with van der Waals surface area (Å²) in [6, 6.07) is 17.9. The number of para-hydroxylation sites is 2. The van der Waals surface area contributed by atoms with Crippen LogP contribution in [0.2, 0.25) is 5.02 Å². The minimum absolute atomic E-state index is 0.0432. The number of carbonyl (C=O) groups is 1. The fraction of sp³-hybridized carbons (Fsp3) is 0.240. The van der Waals surface area contributed by atoms with Gasteiger partial charge in [-0.3, -0.25) is 9.10 Å². The smallest absolute Gasteiger partial charge is 0.264 e. The van der Waals surface area contributed by atoms with Gasteiger partial charge in [-0.15, -0.1) is 0 Å². The molecule has 0 aromatic heterocycles. The lowest BCUT2D eigenvalue weighted by atomic mass is 10.2. The maximum absolute atomic E-state index is 13.6. The molecule has 5 rings (SSSR count). The van der Waals surface area contributed by atoms with Crippen LogP contribution in [0.4, 0.5) is 5.69 Å². The van der Waals surface area contributed by atoms with E-state index in [1.807, 2.05) is 18.2 Å². The molecule has 1 N–H and O–H groups in total. The van der Waals surface area contributed by atoms with Crippen LogP contribution in [0.25, 0.3) is 0 Å². The Kier molecular flexibility index (Phi) is 6.55. The first-order valence-electron chi connectivity index (χ1n) is 11.1. The standard InChI is InChI=1S/C25H23ClN2O7S/c1-32-17-7-9-19(10-8-17)36(30,31)28-14-24(35-21-11-6-16(26)12-20(21)28)25(29)27-13-18-15-33-22-4-2-3-5-23(22)34-18/h2-12,18,24H,13-15H2,1H3,(H,27,29)/t18-,24+/m1/s1. The van der Waals surface area contributed by atoms with E-state index >= 15 is 0 Å². The van der Waals surface area contributed by atoms with E-state index in [-0.39, 0.29) is 36.0 Å². The topological polar surface area (TPSA) is 103 Å². The molecule has 2 aliphatic heterocycles. The van der Waals surface area contributed by atoms with E-state index in [1.54, 1.807) is 30.3 Å². The number of hydrogen-bond donors (Lipinski definition) is 1. The van der Waals surface area contributed by atoms with Crippen LogP contribution in [0.5, 0.6) is 23.0 Å². The third-order valence-electron chi connectivity index (χ3n) is 5.80. The summed E-state index contributed by atoms with van der Waals surface area (Å²) in [4.78, 5) is 13.1. The molecule has 3 aromatic carbocycles. The number of methoxy groups -OCH3 is 1. The van der Waals surface area contributed by atoms with Crippen LogP contribution in [-0.4, -0.2) is 53.3 Å². The Morgan fingerprint density at radius 2 is 1.81 bits per heavy atom.